The average Bonchev–Trinajstić information content (AvgIpc) is 3.53. The molecule has 186 valence electrons. The number of hydrogen-bond donors (Lipinski definition) is 2. The zero-order valence-electron chi connectivity index (χ0n) is 20.2. The van der Waals surface area contributed by atoms with Crippen LogP contribution in [0.25, 0.3) is 11.3 Å². The van der Waals surface area contributed by atoms with E-state index in [2.05, 4.69) is 15.6 Å². The summed E-state index contributed by atoms with van der Waals surface area (Å²) in [6, 6.07) is 23.4. The van der Waals surface area contributed by atoms with Crippen LogP contribution in [-0.2, 0) is 9.53 Å². The number of carbonyl (C=O) groups is 2. The third-order valence-electron chi connectivity index (χ3n) is 6.08. The Labute approximate surface area is 219 Å². The first-order valence-corrected chi connectivity index (χ1v) is 12.0. The van der Waals surface area contributed by atoms with Crippen LogP contribution < -0.4 is 15.5 Å². The van der Waals surface area contributed by atoms with Crippen molar-refractivity contribution in [3.05, 3.63) is 102 Å². The summed E-state index contributed by atoms with van der Waals surface area (Å²) in [5.41, 5.74) is 3.36. The molecule has 0 saturated carbocycles. The molecule has 2 aromatic heterocycles. The number of nitrogens with zero attached hydrogens (tertiary/aromatic N) is 2. The van der Waals surface area contributed by atoms with E-state index in [1.54, 1.807) is 18.3 Å². The Bertz CT molecular complexity index is 1450. The standard InChI is InChI=1S/C28H24N4O4S/c1-17(33)30-18-10-12-19(13-11-18)32-26(25(31-28(32)37)22-9-5-6-16-29-22)24-15-14-23(36-24)20-7-3-4-8-21(20)27(34)35-2/h3-16,25-26H,1-2H3,(H,30,33)(H,31,37). The zero-order chi connectivity index (χ0) is 25.9. The summed E-state index contributed by atoms with van der Waals surface area (Å²) in [5, 5.41) is 6.69. The van der Waals surface area contributed by atoms with Gasteiger partial charge in [0.1, 0.15) is 17.6 Å². The monoisotopic (exact) mass is 512 g/mol. The Morgan fingerprint density at radius 2 is 1.78 bits per heavy atom. The van der Waals surface area contributed by atoms with Gasteiger partial charge in [0.15, 0.2) is 5.11 Å². The van der Waals surface area contributed by atoms with Crippen LogP contribution in [-0.4, -0.2) is 29.1 Å². The van der Waals surface area contributed by atoms with Crippen molar-refractivity contribution in [1.82, 2.24) is 10.3 Å². The fourth-order valence-corrected chi connectivity index (χ4v) is 4.82. The number of esters is 1. The van der Waals surface area contributed by atoms with Gasteiger partial charge in [-0.25, -0.2) is 4.79 Å². The molecule has 8 nitrogen and oxygen atoms in total. The summed E-state index contributed by atoms with van der Waals surface area (Å²) in [4.78, 5) is 30.3. The molecule has 2 aromatic carbocycles. The van der Waals surface area contributed by atoms with E-state index in [4.69, 9.17) is 21.4 Å². The van der Waals surface area contributed by atoms with Crippen LogP contribution in [0.5, 0.6) is 0 Å². The molecule has 9 heteroatoms. The molecular weight excluding hydrogens is 488 g/mol. The summed E-state index contributed by atoms with van der Waals surface area (Å²) >= 11 is 5.76. The number of nitrogens with one attached hydrogen (secondary N) is 2. The summed E-state index contributed by atoms with van der Waals surface area (Å²) in [6.07, 6.45) is 1.74. The quantitative estimate of drug-likeness (QED) is 0.267. The maximum absolute atomic E-state index is 12.3. The molecule has 1 amide bonds. The Morgan fingerprint density at radius 1 is 1.03 bits per heavy atom. The van der Waals surface area contributed by atoms with Crippen LogP contribution in [0.4, 0.5) is 11.4 Å². The molecule has 2 atom stereocenters. The van der Waals surface area contributed by atoms with Gasteiger partial charge in [-0.05, 0) is 66.8 Å². The Kier molecular flexibility index (Phi) is 6.70. The van der Waals surface area contributed by atoms with Gasteiger partial charge in [-0.2, -0.15) is 0 Å². The predicted octanol–water partition coefficient (Wildman–Crippen LogP) is 5.26. The van der Waals surface area contributed by atoms with Crippen LogP contribution in [0, 0.1) is 0 Å². The Hall–Kier alpha value is -4.50. The van der Waals surface area contributed by atoms with Crippen LogP contribution in [0.3, 0.4) is 0 Å². The van der Waals surface area contributed by atoms with Gasteiger partial charge < -0.3 is 24.7 Å². The molecule has 1 aliphatic heterocycles. The van der Waals surface area contributed by atoms with Gasteiger partial charge in [-0.15, -0.1) is 0 Å². The van der Waals surface area contributed by atoms with E-state index in [-0.39, 0.29) is 18.0 Å². The maximum Gasteiger partial charge on any atom is 0.338 e. The van der Waals surface area contributed by atoms with Crippen molar-refractivity contribution in [2.45, 2.75) is 19.0 Å². The Balaban J connectivity index is 1.57. The van der Waals surface area contributed by atoms with Crippen molar-refractivity contribution >= 4 is 40.6 Å². The summed E-state index contributed by atoms with van der Waals surface area (Å²) in [7, 11) is 1.35. The maximum atomic E-state index is 12.3. The van der Waals surface area contributed by atoms with Crippen LogP contribution in [0.15, 0.2) is 89.5 Å². The third-order valence-corrected chi connectivity index (χ3v) is 6.39. The number of aromatic nitrogens is 1. The number of benzene rings is 2. The number of thiocarbonyl (C=S) groups is 1. The molecule has 37 heavy (non-hydrogen) atoms. The number of methoxy groups -OCH3 is 1. The normalized spacial score (nSPS) is 16.8. The van der Waals surface area contributed by atoms with Crippen molar-refractivity contribution in [1.29, 1.82) is 0 Å². The van der Waals surface area contributed by atoms with E-state index in [9.17, 15) is 9.59 Å². The number of rotatable bonds is 6. The van der Waals surface area contributed by atoms with E-state index in [0.29, 0.717) is 33.4 Å². The molecule has 4 aromatic rings. The highest BCUT2D eigenvalue weighted by atomic mass is 32.1. The average molecular weight is 513 g/mol. The minimum Gasteiger partial charge on any atom is -0.465 e. The first-order chi connectivity index (χ1) is 18.0. The van der Waals surface area contributed by atoms with Crippen molar-refractivity contribution < 1.29 is 18.7 Å². The molecule has 0 spiro atoms. The predicted molar refractivity (Wildman–Crippen MR) is 144 cm³/mol. The van der Waals surface area contributed by atoms with E-state index in [1.165, 1.54) is 14.0 Å². The van der Waals surface area contributed by atoms with Crippen molar-refractivity contribution in [2.75, 3.05) is 17.3 Å². The molecule has 5 rings (SSSR count). The van der Waals surface area contributed by atoms with Gasteiger partial charge in [0.05, 0.1) is 24.4 Å². The minimum atomic E-state index is -0.440. The lowest BCUT2D eigenvalue weighted by Crippen LogP contribution is -2.29. The van der Waals surface area contributed by atoms with Gasteiger partial charge in [-0.1, -0.05) is 24.3 Å². The first kappa shape index (κ1) is 24.2. The zero-order valence-corrected chi connectivity index (χ0v) is 21.0. The second kappa shape index (κ2) is 10.2. The second-order valence-corrected chi connectivity index (χ2v) is 8.85. The van der Waals surface area contributed by atoms with E-state index in [0.717, 1.165) is 11.4 Å². The molecule has 1 aliphatic rings. The number of anilines is 2. The van der Waals surface area contributed by atoms with Gasteiger partial charge in [0.25, 0.3) is 0 Å². The minimum absolute atomic E-state index is 0.144. The largest absolute Gasteiger partial charge is 0.465 e. The van der Waals surface area contributed by atoms with E-state index < -0.39 is 5.97 Å². The molecule has 0 radical (unpaired) electrons. The van der Waals surface area contributed by atoms with Crippen molar-refractivity contribution in [3.63, 3.8) is 0 Å². The Morgan fingerprint density at radius 3 is 2.49 bits per heavy atom. The first-order valence-electron chi connectivity index (χ1n) is 11.6. The van der Waals surface area contributed by atoms with Crippen molar-refractivity contribution in [2.24, 2.45) is 0 Å². The topological polar surface area (TPSA) is 96.7 Å². The summed E-state index contributed by atoms with van der Waals surface area (Å²) in [5.74, 6) is 0.595. The number of furan rings is 1. The summed E-state index contributed by atoms with van der Waals surface area (Å²) in [6.45, 7) is 1.47. The highest BCUT2D eigenvalue weighted by Gasteiger charge is 2.42. The molecule has 3 heterocycles. The molecule has 2 unspecified atom stereocenters. The highest BCUT2D eigenvalue weighted by Crippen LogP contribution is 2.43. The molecule has 0 aliphatic carbocycles. The lowest BCUT2D eigenvalue weighted by Gasteiger charge is -2.26. The van der Waals surface area contributed by atoms with Crippen LogP contribution in [0.1, 0.15) is 40.8 Å². The molecule has 2 N–H and O–H groups in total. The lowest BCUT2D eigenvalue weighted by atomic mass is 10.0. The third kappa shape index (κ3) is 4.81. The highest BCUT2D eigenvalue weighted by molar-refractivity contribution is 7.80. The lowest BCUT2D eigenvalue weighted by molar-refractivity contribution is -0.114. The molecule has 1 saturated heterocycles. The fourth-order valence-electron chi connectivity index (χ4n) is 4.47. The number of pyridine rings is 1. The van der Waals surface area contributed by atoms with E-state index in [1.807, 2.05) is 71.6 Å². The summed E-state index contributed by atoms with van der Waals surface area (Å²) < 4.78 is 11.3. The van der Waals surface area contributed by atoms with E-state index >= 15 is 0 Å². The number of ether oxygens (including phenoxy) is 1. The van der Waals surface area contributed by atoms with Gasteiger partial charge in [0.2, 0.25) is 5.91 Å². The van der Waals surface area contributed by atoms with Crippen molar-refractivity contribution in [3.8, 4) is 11.3 Å². The second-order valence-electron chi connectivity index (χ2n) is 8.46. The number of hydrogen-bond acceptors (Lipinski definition) is 6. The van der Waals surface area contributed by atoms with Crippen LogP contribution in [0.2, 0.25) is 0 Å². The van der Waals surface area contributed by atoms with Gasteiger partial charge in [0, 0.05) is 30.1 Å². The van der Waals surface area contributed by atoms with Gasteiger partial charge in [-0.3, -0.25) is 9.78 Å². The molecule has 1 fully saturated rings. The number of amides is 1. The molecular formula is C28H24N4O4S. The fraction of sp³-hybridized carbons (Fsp3) is 0.143. The van der Waals surface area contributed by atoms with Gasteiger partial charge >= 0.3 is 5.97 Å². The van der Waals surface area contributed by atoms with Crippen LogP contribution >= 0.6 is 12.2 Å². The SMILES string of the molecule is COC(=O)c1ccccc1-c1ccc(C2C(c3ccccn3)NC(=S)N2c2ccc(NC(C)=O)cc2)o1. The smallest absolute Gasteiger partial charge is 0.338 e. The number of carbonyl (C=O) groups excluding carboxylic acids is 2. The molecule has 0 bridgehead atoms.